The maximum absolute atomic E-state index is 10.7. The Morgan fingerprint density at radius 2 is 1.82 bits per heavy atom. The van der Waals surface area contributed by atoms with Gasteiger partial charge >= 0.3 is 11.7 Å². The van der Waals surface area contributed by atoms with Gasteiger partial charge in [0.05, 0.1) is 4.92 Å². The molecule has 5 nitrogen and oxygen atoms in total. The van der Waals surface area contributed by atoms with Crippen LogP contribution in [0.25, 0.3) is 0 Å². The molecule has 0 aliphatic rings. The Morgan fingerprint density at radius 1 is 1.18 bits per heavy atom. The first kappa shape index (κ1) is 20.1. The Kier molecular flexibility index (Phi) is 9.83. The maximum atomic E-state index is 10.7. The van der Waals surface area contributed by atoms with Gasteiger partial charge in [0.1, 0.15) is 0 Å². The average molecular weight is 309 g/mol. The summed E-state index contributed by atoms with van der Waals surface area (Å²) in [6, 6.07) is 0. The number of carboxylic acids is 1. The van der Waals surface area contributed by atoms with Gasteiger partial charge in [-0.25, -0.2) is 4.79 Å². The van der Waals surface area contributed by atoms with Gasteiger partial charge < -0.3 is 5.11 Å². The minimum Gasteiger partial charge on any atom is -0.473 e. The molecule has 0 radical (unpaired) electrons. The second-order valence-corrected chi connectivity index (χ2v) is 5.94. The van der Waals surface area contributed by atoms with Gasteiger partial charge in [0, 0.05) is 6.08 Å². The predicted octanol–water partition coefficient (Wildman–Crippen LogP) is 4.73. The molecule has 0 heterocycles. The molecule has 22 heavy (non-hydrogen) atoms. The Balaban J connectivity index is 4.20. The first-order valence-electron chi connectivity index (χ1n) is 7.60. The summed E-state index contributed by atoms with van der Waals surface area (Å²) < 4.78 is 0. The minimum atomic E-state index is -1.48. The van der Waals surface area contributed by atoms with E-state index in [2.05, 4.69) is 32.9 Å². The van der Waals surface area contributed by atoms with Crippen molar-refractivity contribution in [3.05, 3.63) is 45.2 Å². The quantitative estimate of drug-likeness (QED) is 0.274. The van der Waals surface area contributed by atoms with Crippen LogP contribution in [0, 0.1) is 16.0 Å². The highest BCUT2D eigenvalue weighted by Gasteiger charge is 2.20. The summed E-state index contributed by atoms with van der Waals surface area (Å²) in [6.45, 7) is 8.26. The molecule has 0 saturated carbocycles. The summed E-state index contributed by atoms with van der Waals surface area (Å²) >= 11 is 0. The third-order valence-electron chi connectivity index (χ3n) is 3.37. The van der Waals surface area contributed by atoms with Gasteiger partial charge in [-0.15, -0.1) is 0 Å². The highest BCUT2D eigenvalue weighted by Crippen LogP contribution is 2.15. The molecule has 0 amide bonds. The molecule has 0 fully saturated rings. The second-order valence-electron chi connectivity index (χ2n) is 5.94. The van der Waals surface area contributed by atoms with Gasteiger partial charge in [-0.2, -0.15) is 0 Å². The number of allylic oxidation sites excluding steroid dienone is 5. The Bertz CT molecular complexity index is 455. The first-order valence-corrected chi connectivity index (χ1v) is 7.60. The van der Waals surface area contributed by atoms with Gasteiger partial charge in [-0.3, -0.25) is 10.1 Å². The molecule has 124 valence electrons. The van der Waals surface area contributed by atoms with Crippen molar-refractivity contribution in [1.29, 1.82) is 0 Å². The Hall–Kier alpha value is -1.91. The monoisotopic (exact) mass is 309 g/mol. The van der Waals surface area contributed by atoms with Crippen LogP contribution in [-0.4, -0.2) is 16.0 Å². The minimum absolute atomic E-state index is 0.219. The highest BCUT2D eigenvalue weighted by atomic mass is 16.6. The molecule has 0 aromatic heterocycles. The lowest BCUT2D eigenvalue weighted by Gasteiger charge is -2.07. The van der Waals surface area contributed by atoms with Crippen molar-refractivity contribution >= 4 is 5.97 Å². The van der Waals surface area contributed by atoms with Crippen LogP contribution in [0.4, 0.5) is 0 Å². The number of nitro groups is 1. The molecule has 0 rings (SSSR count). The van der Waals surface area contributed by atoms with Crippen molar-refractivity contribution in [2.24, 2.45) is 5.92 Å². The zero-order chi connectivity index (χ0) is 17.1. The van der Waals surface area contributed by atoms with Crippen LogP contribution in [0.5, 0.6) is 0 Å². The summed E-state index contributed by atoms with van der Waals surface area (Å²) in [4.78, 5) is 20.4. The summed E-state index contributed by atoms with van der Waals surface area (Å²) in [7, 11) is 0. The lowest BCUT2D eigenvalue weighted by atomic mass is 9.99. The van der Waals surface area contributed by atoms with Crippen molar-refractivity contribution in [2.45, 2.75) is 59.8 Å². The smallest absolute Gasteiger partial charge is 0.407 e. The van der Waals surface area contributed by atoms with Crippen LogP contribution >= 0.6 is 0 Å². The molecule has 1 atom stereocenters. The van der Waals surface area contributed by atoms with Crippen LogP contribution in [-0.2, 0) is 4.79 Å². The fourth-order valence-electron chi connectivity index (χ4n) is 1.98. The summed E-state index contributed by atoms with van der Waals surface area (Å²) in [6.07, 6.45) is 9.93. The van der Waals surface area contributed by atoms with Gasteiger partial charge in [-0.05, 0) is 58.8 Å². The van der Waals surface area contributed by atoms with E-state index in [4.69, 9.17) is 5.11 Å². The average Bonchev–Trinajstić information content (AvgIpc) is 2.37. The number of carboxylic acid groups (broad SMARTS) is 1. The van der Waals surface area contributed by atoms with E-state index in [1.54, 1.807) is 0 Å². The molecule has 0 spiro atoms. The molecular weight excluding hydrogens is 282 g/mol. The van der Waals surface area contributed by atoms with Crippen molar-refractivity contribution < 1.29 is 14.8 Å². The standard InChI is InChI=1S/C17H27NO4/c1-13(2)7-5-8-14(3)9-6-10-15(4)11-12-16(17(19)20)18(21)22/h7,9,12,15H,5-6,8,10-11H2,1-4H3,(H,19,20). The van der Waals surface area contributed by atoms with Crippen LogP contribution in [0.1, 0.15) is 59.8 Å². The van der Waals surface area contributed by atoms with Gasteiger partial charge in [0.2, 0.25) is 0 Å². The summed E-state index contributed by atoms with van der Waals surface area (Å²) in [5.41, 5.74) is 1.94. The van der Waals surface area contributed by atoms with Gasteiger partial charge in [0.15, 0.2) is 0 Å². The molecule has 0 aromatic rings. The fourth-order valence-corrected chi connectivity index (χ4v) is 1.98. The van der Waals surface area contributed by atoms with Gasteiger partial charge in [0.25, 0.3) is 0 Å². The molecule has 0 aliphatic heterocycles. The lowest BCUT2D eigenvalue weighted by molar-refractivity contribution is -0.421. The van der Waals surface area contributed by atoms with Crippen molar-refractivity contribution in [3.63, 3.8) is 0 Å². The number of hydrogen-bond acceptors (Lipinski definition) is 3. The van der Waals surface area contributed by atoms with Crippen LogP contribution in [0.15, 0.2) is 35.1 Å². The molecule has 5 heteroatoms. The largest absolute Gasteiger partial charge is 0.473 e. The number of nitrogens with zero attached hydrogens (tertiary/aromatic N) is 1. The zero-order valence-electron chi connectivity index (χ0n) is 14.0. The van der Waals surface area contributed by atoms with Crippen molar-refractivity contribution in [1.82, 2.24) is 0 Å². The Labute approximate surface area is 132 Å². The SMILES string of the molecule is CC(C)=CCCC(C)=CCCC(C)CC=C(C(=O)O)[N+](=O)[O-]. The van der Waals surface area contributed by atoms with E-state index in [-0.39, 0.29) is 5.92 Å². The van der Waals surface area contributed by atoms with E-state index in [9.17, 15) is 14.9 Å². The zero-order valence-corrected chi connectivity index (χ0v) is 14.0. The number of hydrogen-bond donors (Lipinski definition) is 1. The van der Waals surface area contributed by atoms with Crippen LogP contribution in [0.2, 0.25) is 0 Å². The van der Waals surface area contributed by atoms with Crippen LogP contribution in [0.3, 0.4) is 0 Å². The molecular formula is C17H27NO4. The van der Waals surface area contributed by atoms with E-state index in [1.807, 2.05) is 6.92 Å². The fraction of sp³-hybridized carbons (Fsp3) is 0.588. The summed E-state index contributed by atoms with van der Waals surface area (Å²) in [5.74, 6) is -1.26. The predicted molar refractivity (Wildman–Crippen MR) is 88.2 cm³/mol. The normalized spacial score (nSPS) is 13.6. The Morgan fingerprint density at radius 3 is 2.32 bits per heavy atom. The highest BCUT2D eigenvalue weighted by molar-refractivity contribution is 5.83. The van der Waals surface area contributed by atoms with E-state index in [0.717, 1.165) is 25.7 Å². The third-order valence-corrected chi connectivity index (χ3v) is 3.37. The second kappa shape index (κ2) is 10.8. The molecule has 0 aromatic carbocycles. The van der Waals surface area contributed by atoms with Gasteiger partial charge in [-0.1, -0.05) is 30.2 Å². The van der Waals surface area contributed by atoms with E-state index in [1.165, 1.54) is 17.2 Å². The van der Waals surface area contributed by atoms with Crippen molar-refractivity contribution in [2.75, 3.05) is 0 Å². The van der Waals surface area contributed by atoms with Crippen LogP contribution < -0.4 is 0 Å². The first-order chi connectivity index (χ1) is 10.2. The van der Waals surface area contributed by atoms with E-state index < -0.39 is 16.6 Å². The third kappa shape index (κ3) is 9.91. The molecule has 0 saturated heterocycles. The molecule has 1 unspecified atom stereocenters. The number of rotatable bonds is 10. The van der Waals surface area contributed by atoms with E-state index in [0.29, 0.717) is 6.42 Å². The van der Waals surface area contributed by atoms with Crippen molar-refractivity contribution in [3.8, 4) is 0 Å². The lowest BCUT2D eigenvalue weighted by Crippen LogP contribution is -2.10. The summed E-state index contributed by atoms with van der Waals surface area (Å²) in [5, 5.41) is 19.2. The maximum Gasteiger partial charge on any atom is 0.407 e. The number of aliphatic carboxylic acids is 1. The number of carbonyl (C=O) groups is 1. The molecule has 0 bridgehead atoms. The molecule has 0 aliphatic carbocycles. The topological polar surface area (TPSA) is 80.4 Å². The van der Waals surface area contributed by atoms with E-state index >= 15 is 0 Å². The molecule has 1 N–H and O–H groups in total.